The normalized spacial score (nSPS) is 15.7. The Labute approximate surface area is 350 Å². The van der Waals surface area contributed by atoms with E-state index in [1.165, 1.54) is 60.2 Å². The second-order valence-electron chi connectivity index (χ2n) is 13.5. The lowest BCUT2D eigenvalue weighted by atomic mass is 9.90. The van der Waals surface area contributed by atoms with Crippen LogP contribution in [0.5, 0.6) is 0 Å². The van der Waals surface area contributed by atoms with Crippen molar-refractivity contribution < 1.29 is 16.8 Å². The Morgan fingerprint density at radius 2 is 1.40 bits per heavy atom. The van der Waals surface area contributed by atoms with Gasteiger partial charge in [-0.2, -0.15) is 21.0 Å². The number of sulfonamides is 2. The van der Waals surface area contributed by atoms with E-state index in [9.17, 15) is 43.1 Å². The Balaban J connectivity index is 1.57. The maximum Gasteiger partial charge on any atom is 0.270 e. The third kappa shape index (κ3) is 10.5. The van der Waals surface area contributed by atoms with Gasteiger partial charge >= 0.3 is 0 Å². The van der Waals surface area contributed by atoms with Crippen molar-refractivity contribution in [2.75, 3.05) is 33.4 Å². The summed E-state index contributed by atoms with van der Waals surface area (Å²) in [5.41, 5.74) is 6.46. The molecule has 1 heterocycles. The lowest BCUT2D eigenvalue weighted by Crippen LogP contribution is -2.20. The zero-order valence-electron chi connectivity index (χ0n) is 32.4. The van der Waals surface area contributed by atoms with Crippen LogP contribution in [0, 0.1) is 69.1 Å². The van der Waals surface area contributed by atoms with Crippen LogP contribution >= 0.6 is 0 Å². The van der Waals surface area contributed by atoms with E-state index in [0.29, 0.717) is 30.5 Å². The Bertz CT molecular complexity index is 2900. The first-order valence-electron chi connectivity index (χ1n) is 18.1. The largest absolute Gasteiger partial charge is 0.340 e. The minimum atomic E-state index is -3.55. The van der Waals surface area contributed by atoms with Crippen LogP contribution in [0.2, 0.25) is 0 Å². The van der Waals surface area contributed by atoms with Gasteiger partial charge in [-0.15, -0.1) is 0 Å². The van der Waals surface area contributed by atoms with Gasteiger partial charge in [0.2, 0.25) is 20.0 Å². The molecule has 0 radical (unpaired) electrons. The first kappa shape index (κ1) is 43.2. The molecule has 0 spiro atoms. The van der Waals surface area contributed by atoms with E-state index in [4.69, 9.17) is 6.57 Å². The van der Waals surface area contributed by atoms with Crippen LogP contribution in [-0.2, 0) is 26.5 Å². The Morgan fingerprint density at radius 3 is 1.95 bits per heavy atom. The van der Waals surface area contributed by atoms with Crippen molar-refractivity contribution in [3.63, 3.8) is 0 Å². The lowest BCUT2D eigenvalue weighted by molar-refractivity contribution is 0.605. The number of nitrogens with zero attached hydrogens (tertiary/aromatic N) is 7. The van der Waals surface area contributed by atoms with E-state index in [2.05, 4.69) is 37.4 Å². The second kappa shape index (κ2) is 19.0. The van der Waals surface area contributed by atoms with Crippen LogP contribution in [0.4, 0.5) is 17.1 Å². The monoisotopic (exact) mass is 829 g/mol. The number of benzene rings is 3. The molecule has 1 aliphatic heterocycles. The number of para-hydroxylation sites is 1. The van der Waals surface area contributed by atoms with Gasteiger partial charge in [-0.05, 0) is 89.6 Å². The van der Waals surface area contributed by atoms with Gasteiger partial charge in [-0.25, -0.2) is 26.9 Å². The summed E-state index contributed by atoms with van der Waals surface area (Å²) in [5.74, 6) is -1.29. The Morgan fingerprint density at radius 1 is 0.783 bits per heavy atom. The molecule has 0 saturated carbocycles. The summed E-state index contributed by atoms with van der Waals surface area (Å²) in [5, 5.41) is 50.0. The third-order valence-corrected chi connectivity index (χ3v) is 10.5. The van der Waals surface area contributed by atoms with E-state index in [-0.39, 0.29) is 39.4 Å². The van der Waals surface area contributed by atoms with Crippen LogP contribution in [0.15, 0.2) is 143 Å². The number of allylic oxidation sites excluding steroid dienone is 13. The molecule has 13 nitrogen and oxygen atoms in total. The van der Waals surface area contributed by atoms with Crippen molar-refractivity contribution in [3.05, 3.63) is 171 Å². The average molecular weight is 830 g/mol. The summed E-state index contributed by atoms with van der Waals surface area (Å²) in [6, 6.07) is 30.1. The Kier molecular flexibility index (Phi) is 13.7. The first-order chi connectivity index (χ1) is 28.7. The molecule has 15 heteroatoms. The smallest absolute Gasteiger partial charge is 0.270 e. The number of hydrogen-bond donors (Lipinski definition) is 2. The highest BCUT2D eigenvalue weighted by atomic mass is 32.2. The van der Waals surface area contributed by atoms with Gasteiger partial charge in [-0.3, -0.25) is 9.44 Å². The van der Waals surface area contributed by atoms with Crippen LogP contribution < -0.4 is 14.3 Å². The van der Waals surface area contributed by atoms with E-state index in [1.54, 1.807) is 18.2 Å². The zero-order valence-corrected chi connectivity index (χ0v) is 34.0. The minimum absolute atomic E-state index is 0.0500. The van der Waals surface area contributed by atoms with Gasteiger partial charge in [0.15, 0.2) is 5.92 Å². The predicted octanol–water partition coefficient (Wildman–Crippen LogP) is 7.82. The summed E-state index contributed by atoms with van der Waals surface area (Å²) >= 11 is 0. The van der Waals surface area contributed by atoms with Gasteiger partial charge < -0.3 is 4.90 Å². The van der Waals surface area contributed by atoms with Crippen molar-refractivity contribution in [2.45, 2.75) is 19.3 Å². The fourth-order valence-corrected chi connectivity index (χ4v) is 8.01. The van der Waals surface area contributed by atoms with E-state index in [0.717, 1.165) is 41.5 Å². The molecular formula is C45H35N9O4S2. The topological polar surface area (TPSA) is 219 Å². The molecule has 1 aliphatic carbocycles. The maximum absolute atomic E-state index is 11.7. The molecule has 0 unspecified atom stereocenters. The number of anilines is 3. The molecule has 3 aromatic carbocycles. The SMILES string of the molecule is [C-]#[N+]\C(C#N)=C(/C(C#N)=C/C=C/C1=C(N2CCc3ccccc32)C(=C/C=C/C(C#N)=C(\c2ccc(NS(C)(=O)=O)cc2)C(C#N)C#N)/CC1)c1ccc(NS(C)(=O)=O)cc1. The molecule has 0 fully saturated rings. The number of nitriles is 5. The van der Waals surface area contributed by atoms with Crippen LogP contribution in [0.25, 0.3) is 16.0 Å². The number of fused-ring (bicyclic) bond motifs is 1. The molecule has 2 N–H and O–H groups in total. The van der Waals surface area contributed by atoms with E-state index >= 15 is 0 Å². The molecular weight excluding hydrogens is 795 g/mol. The summed E-state index contributed by atoms with van der Waals surface area (Å²) in [7, 11) is -7.09. The van der Waals surface area contributed by atoms with Gasteiger partial charge in [0.25, 0.3) is 5.70 Å². The van der Waals surface area contributed by atoms with Crippen LogP contribution in [0.1, 0.15) is 29.5 Å². The van der Waals surface area contributed by atoms with Crippen molar-refractivity contribution in [3.8, 4) is 30.3 Å². The molecule has 2 aliphatic rings. The molecule has 0 aromatic heterocycles. The Hall–Kier alpha value is -7.92. The van der Waals surface area contributed by atoms with Crippen LogP contribution in [-0.4, -0.2) is 35.9 Å². The molecule has 60 heavy (non-hydrogen) atoms. The minimum Gasteiger partial charge on any atom is -0.340 e. The molecule has 0 bridgehead atoms. The highest BCUT2D eigenvalue weighted by Gasteiger charge is 2.29. The quantitative estimate of drug-likeness (QED) is 0.0966. The molecule has 5 rings (SSSR count). The molecule has 3 aromatic rings. The maximum atomic E-state index is 11.7. The summed E-state index contributed by atoms with van der Waals surface area (Å²) < 4.78 is 51.6. The van der Waals surface area contributed by atoms with E-state index in [1.807, 2.05) is 48.6 Å². The van der Waals surface area contributed by atoms with Crippen molar-refractivity contribution >= 4 is 48.3 Å². The predicted molar refractivity (Wildman–Crippen MR) is 230 cm³/mol. The number of hydrogen-bond acceptors (Lipinski definition) is 10. The van der Waals surface area contributed by atoms with Crippen LogP contribution in [0.3, 0.4) is 0 Å². The highest BCUT2D eigenvalue weighted by Crippen LogP contribution is 2.41. The lowest BCUT2D eigenvalue weighted by Gasteiger charge is -2.23. The number of rotatable bonds is 13. The van der Waals surface area contributed by atoms with Gasteiger partial charge in [0.1, 0.15) is 0 Å². The molecule has 0 saturated heterocycles. The zero-order chi connectivity index (χ0) is 43.5. The molecule has 296 valence electrons. The molecule has 0 amide bonds. The standard InChI is InChI=1S/C45H35N9O4S2/c1-51-41(30-50)44(33-18-22-40(23-19-33)53-60(3,57)58)37(27-47)12-7-10-35-15-14-34(45(35)54-25-24-31-8-4-5-13-42(31)54)9-6-11-36(26-46)43(38(28-48)29-49)32-16-20-39(21-17-32)52-59(2,55)56/h4-13,16-23,38,52-53H,14-15,24-25H2,2-3H3/b10-7+,11-6+,34-9+,37-12+,43-36-,44-41-. The summed E-state index contributed by atoms with van der Waals surface area (Å²) in [6.45, 7) is 8.32. The fraction of sp³-hybridized carbons (Fsp3) is 0.156. The highest BCUT2D eigenvalue weighted by molar-refractivity contribution is 7.92. The fourth-order valence-electron chi connectivity index (χ4n) is 6.88. The van der Waals surface area contributed by atoms with Crippen molar-refractivity contribution in [1.82, 2.24) is 0 Å². The van der Waals surface area contributed by atoms with Gasteiger partial charge in [0.05, 0.1) is 60.6 Å². The summed E-state index contributed by atoms with van der Waals surface area (Å²) in [6.07, 6.45) is 14.3. The van der Waals surface area contributed by atoms with Crippen molar-refractivity contribution in [2.24, 2.45) is 5.92 Å². The van der Waals surface area contributed by atoms with Gasteiger partial charge in [-0.1, -0.05) is 66.8 Å². The molecule has 0 atom stereocenters. The second-order valence-corrected chi connectivity index (χ2v) is 17.0. The summed E-state index contributed by atoms with van der Waals surface area (Å²) in [4.78, 5) is 5.58. The first-order valence-corrected chi connectivity index (χ1v) is 21.9. The van der Waals surface area contributed by atoms with E-state index < -0.39 is 26.0 Å². The third-order valence-electron chi connectivity index (χ3n) is 9.33. The van der Waals surface area contributed by atoms with Gasteiger partial charge in [0, 0.05) is 40.5 Å². The average Bonchev–Trinajstić information content (AvgIpc) is 3.83. The van der Waals surface area contributed by atoms with Crippen molar-refractivity contribution in [1.29, 1.82) is 26.3 Å². The number of nitrogens with one attached hydrogen (secondary N) is 2.